The lowest BCUT2D eigenvalue weighted by Crippen LogP contribution is -2.31. The molecule has 0 N–H and O–H groups in total. The number of hydrogen-bond acceptors (Lipinski definition) is 3. The first-order valence-corrected chi connectivity index (χ1v) is 6.53. The van der Waals surface area contributed by atoms with E-state index >= 15 is 0 Å². The summed E-state index contributed by atoms with van der Waals surface area (Å²) in [6.07, 6.45) is 2.01. The van der Waals surface area contributed by atoms with Gasteiger partial charge in [0.15, 0.2) is 0 Å². The van der Waals surface area contributed by atoms with Crippen molar-refractivity contribution in [3.05, 3.63) is 60.2 Å². The Morgan fingerprint density at radius 2 is 1.79 bits per heavy atom. The molecular weight excluding hydrogens is 236 g/mol. The van der Waals surface area contributed by atoms with Crippen molar-refractivity contribution in [3.63, 3.8) is 0 Å². The molecule has 3 heteroatoms. The van der Waals surface area contributed by atoms with Gasteiger partial charge in [-0.3, -0.25) is 5.01 Å². The van der Waals surface area contributed by atoms with E-state index in [9.17, 15) is 0 Å². The first kappa shape index (κ1) is 10.6. The maximum absolute atomic E-state index is 5.80. The van der Waals surface area contributed by atoms with Crippen LogP contribution in [0.1, 0.15) is 11.6 Å². The van der Waals surface area contributed by atoms with Gasteiger partial charge in [0.1, 0.15) is 5.75 Å². The minimum atomic E-state index is 0.257. The molecule has 0 aliphatic carbocycles. The highest BCUT2D eigenvalue weighted by Gasteiger charge is 2.38. The summed E-state index contributed by atoms with van der Waals surface area (Å²) < 4.78 is 5.80. The predicted molar refractivity (Wildman–Crippen MR) is 75.6 cm³/mol. The monoisotopic (exact) mass is 250 g/mol. The van der Waals surface area contributed by atoms with Crippen molar-refractivity contribution in [1.29, 1.82) is 0 Å². The molecule has 0 aromatic heterocycles. The molecule has 0 spiro atoms. The van der Waals surface area contributed by atoms with Gasteiger partial charge in [0.05, 0.1) is 24.3 Å². The second-order valence-corrected chi connectivity index (χ2v) is 4.90. The topological polar surface area (TPSA) is 24.8 Å². The van der Waals surface area contributed by atoms with Crippen molar-refractivity contribution in [2.24, 2.45) is 11.0 Å². The zero-order valence-corrected chi connectivity index (χ0v) is 10.4. The Labute approximate surface area is 112 Å². The van der Waals surface area contributed by atoms with Crippen molar-refractivity contribution in [2.45, 2.75) is 6.04 Å². The van der Waals surface area contributed by atoms with Crippen LogP contribution >= 0.6 is 0 Å². The molecule has 19 heavy (non-hydrogen) atoms. The summed E-state index contributed by atoms with van der Waals surface area (Å²) >= 11 is 0. The molecule has 2 aromatic carbocycles. The molecule has 0 fully saturated rings. The van der Waals surface area contributed by atoms with Crippen LogP contribution in [-0.2, 0) is 0 Å². The molecule has 0 amide bonds. The number of hydrogen-bond donors (Lipinski definition) is 0. The number of rotatable bonds is 1. The Bertz CT molecular complexity index is 624. The molecule has 0 saturated heterocycles. The molecule has 2 aliphatic heterocycles. The normalized spacial score (nSPS) is 23.7. The molecule has 2 aromatic rings. The van der Waals surface area contributed by atoms with Crippen molar-refractivity contribution in [3.8, 4) is 5.75 Å². The third kappa shape index (κ3) is 1.62. The number of benzene rings is 2. The molecule has 3 nitrogen and oxygen atoms in total. The minimum absolute atomic E-state index is 0.257. The van der Waals surface area contributed by atoms with Gasteiger partial charge in [-0.2, -0.15) is 5.10 Å². The van der Waals surface area contributed by atoms with Crippen molar-refractivity contribution in [2.75, 3.05) is 11.6 Å². The number of ether oxygens (including phenoxy) is 1. The second-order valence-electron chi connectivity index (χ2n) is 4.90. The van der Waals surface area contributed by atoms with Gasteiger partial charge in [-0.15, -0.1) is 0 Å². The van der Waals surface area contributed by atoms with Gasteiger partial charge >= 0.3 is 0 Å². The fraction of sp³-hybridized carbons (Fsp3) is 0.188. The fourth-order valence-corrected chi connectivity index (χ4v) is 2.84. The van der Waals surface area contributed by atoms with E-state index in [1.54, 1.807) is 0 Å². The van der Waals surface area contributed by atoms with E-state index in [1.807, 2.05) is 36.5 Å². The van der Waals surface area contributed by atoms with Gasteiger partial charge in [-0.1, -0.05) is 36.4 Å². The Hall–Kier alpha value is -2.29. The number of para-hydroxylation sites is 2. The van der Waals surface area contributed by atoms with Gasteiger partial charge in [0.2, 0.25) is 0 Å². The van der Waals surface area contributed by atoms with E-state index < -0.39 is 0 Å². The number of fused-ring (bicyclic) bond motifs is 3. The van der Waals surface area contributed by atoms with Crippen LogP contribution < -0.4 is 9.75 Å². The van der Waals surface area contributed by atoms with Crippen LogP contribution in [-0.4, -0.2) is 12.8 Å². The Balaban J connectivity index is 1.79. The van der Waals surface area contributed by atoms with Gasteiger partial charge in [0.25, 0.3) is 0 Å². The second kappa shape index (κ2) is 4.12. The van der Waals surface area contributed by atoms with Crippen molar-refractivity contribution in [1.82, 2.24) is 0 Å². The minimum Gasteiger partial charge on any atom is -0.492 e. The van der Waals surface area contributed by atoms with Crippen molar-refractivity contribution < 1.29 is 4.74 Å². The molecule has 94 valence electrons. The van der Waals surface area contributed by atoms with E-state index in [4.69, 9.17) is 4.74 Å². The predicted octanol–water partition coefficient (Wildman–Crippen LogP) is 3.24. The number of hydrazone groups is 1. The van der Waals surface area contributed by atoms with Crippen LogP contribution in [0.15, 0.2) is 59.7 Å². The molecule has 0 unspecified atom stereocenters. The van der Waals surface area contributed by atoms with Crippen LogP contribution in [0.25, 0.3) is 0 Å². The maximum atomic E-state index is 5.80. The maximum Gasteiger partial charge on any atom is 0.124 e. The molecule has 0 radical (unpaired) electrons. The highest BCUT2D eigenvalue weighted by Crippen LogP contribution is 2.43. The number of nitrogens with zero attached hydrogens (tertiary/aromatic N) is 2. The largest absolute Gasteiger partial charge is 0.492 e. The average molecular weight is 250 g/mol. The summed E-state index contributed by atoms with van der Waals surface area (Å²) in [5.74, 6) is 1.31. The smallest absolute Gasteiger partial charge is 0.124 e. The highest BCUT2D eigenvalue weighted by molar-refractivity contribution is 5.72. The fourth-order valence-electron chi connectivity index (χ4n) is 2.84. The van der Waals surface area contributed by atoms with E-state index in [0.717, 1.165) is 11.4 Å². The molecule has 0 saturated carbocycles. The average Bonchev–Trinajstić information content (AvgIpc) is 2.92. The van der Waals surface area contributed by atoms with Crippen LogP contribution in [0.2, 0.25) is 0 Å². The SMILES string of the molecule is C1=NN(c2ccccc2)[C@H]2c3ccccc3OC[C@@H]12. The lowest BCUT2D eigenvalue weighted by Gasteiger charge is -2.33. The summed E-state index contributed by atoms with van der Waals surface area (Å²) in [6.45, 7) is 0.703. The quantitative estimate of drug-likeness (QED) is 0.776. The summed E-state index contributed by atoms with van der Waals surface area (Å²) in [6, 6.07) is 18.8. The van der Waals surface area contributed by atoms with Crippen molar-refractivity contribution >= 4 is 11.9 Å². The molecule has 2 heterocycles. The van der Waals surface area contributed by atoms with E-state index in [1.165, 1.54) is 5.56 Å². The zero-order chi connectivity index (χ0) is 12.7. The van der Waals surface area contributed by atoms with Gasteiger partial charge < -0.3 is 4.74 Å². The molecule has 0 bridgehead atoms. The highest BCUT2D eigenvalue weighted by atomic mass is 16.5. The first-order valence-electron chi connectivity index (χ1n) is 6.53. The number of anilines is 1. The summed E-state index contributed by atoms with van der Waals surface area (Å²) in [7, 11) is 0. The van der Waals surface area contributed by atoms with E-state index in [2.05, 4.69) is 34.4 Å². The Morgan fingerprint density at radius 3 is 2.68 bits per heavy atom. The van der Waals surface area contributed by atoms with E-state index in [-0.39, 0.29) is 6.04 Å². The first-order chi connectivity index (χ1) is 9.43. The van der Waals surface area contributed by atoms with Crippen LogP contribution in [0.5, 0.6) is 5.75 Å². The third-order valence-corrected chi connectivity index (χ3v) is 3.74. The molecule has 4 rings (SSSR count). The van der Waals surface area contributed by atoms with Gasteiger partial charge in [-0.05, 0) is 18.2 Å². The van der Waals surface area contributed by atoms with Crippen LogP contribution in [0, 0.1) is 5.92 Å². The standard InChI is InChI=1S/C16H14N2O/c1-2-6-13(7-3-1)18-16-12(10-17-18)11-19-15-9-5-4-8-14(15)16/h1-10,12,16H,11H2/t12-,16-/m1/s1. The summed E-state index contributed by atoms with van der Waals surface area (Å²) in [4.78, 5) is 0. The zero-order valence-electron chi connectivity index (χ0n) is 10.4. The molecule has 2 aliphatic rings. The Kier molecular flexibility index (Phi) is 2.30. The molecular formula is C16H14N2O. The Morgan fingerprint density at radius 1 is 1.00 bits per heavy atom. The molecule has 2 atom stereocenters. The summed E-state index contributed by atoms with van der Waals surface area (Å²) in [5.41, 5.74) is 2.35. The summed E-state index contributed by atoms with van der Waals surface area (Å²) in [5, 5.41) is 6.68. The lowest BCUT2D eigenvalue weighted by atomic mass is 9.92. The van der Waals surface area contributed by atoms with Crippen LogP contribution in [0.4, 0.5) is 5.69 Å². The van der Waals surface area contributed by atoms with E-state index in [0.29, 0.717) is 12.5 Å². The van der Waals surface area contributed by atoms with Crippen LogP contribution in [0.3, 0.4) is 0 Å². The lowest BCUT2D eigenvalue weighted by molar-refractivity contribution is 0.241. The van der Waals surface area contributed by atoms with Gasteiger partial charge in [-0.25, -0.2) is 0 Å². The van der Waals surface area contributed by atoms with Gasteiger partial charge in [0, 0.05) is 11.8 Å². The third-order valence-electron chi connectivity index (χ3n) is 3.74.